The summed E-state index contributed by atoms with van der Waals surface area (Å²) in [6, 6.07) is 11.7. The number of carbonyl (C=O) groups excluding carboxylic acids is 1. The van der Waals surface area contributed by atoms with Crippen LogP contribution in [0, 0.1) is 11.3 Å². The van der Waals surface area contributed by atoms with E-state index in [1.807, 2.05) is 47.7 Å². The number of anilines is 1. The van der Waals surface area contributed by atoms with Crippen molar-refractivity contribution in [3.63, 3.8) is 0 Å². The highest BCUT2D eigenvalue weighted by Crippen LogP contribution is 2.34. The molecule has 0 saturated heterocycles. The first kappa shape index (κ1) is 18.2. The van der Waals surface area contributed by atoms with Gasteiger partial charge in [-0.2, -0.15) is 5.26 Å². The van der Waals surface area contributed by atoms with E-state index in [1.54, 1.807) is 16.2 Å². The predicted octanol–water partition coefficient (Wildman–Crippen LogP) is 2.90. The molecular weight excluding hydrogens is 350 g/mol. The lowest BCUT2D eigenvalue weighted by Crippen LogP contribution is -2.39. The van der Waals surface area contributed by atoms with Crippen molar-refractivity contribution in [2.24, 2.45) is 0 Å². The molecule has 2 aromatic rings. The minimum Gasteiger partial charge on any atom is -0.486 e. The third-order valence-corrected chi connectivity index (χ3v) is 4.90. The molecule has 1 aromatic carbocycles. The van der Waals surface area contributed by atoms with E-state index < -0.39 is 0 Å². The second kappa shape index (κ2) is 8.70. The van der Waals surface area contributed by atoms with Crippen LogP contribution in [0.4, 0.5) is 5.69 Å². The molecule has 0 radical (unpaired) electrons. The molecule has 0 N–H and O–H groups in total. The largest absolute Gasteiger partial charge is 0.486 e. The van der Waals surface area contributed by atoms with Crippen LogP contribution < -0.4 is 14.4 Å². The molecule has 26 heavy (non-hydrogen) atoms. The molecule has 0 unspecified atom stereocenters. The standard InChI is InChI=1S/C19H21N3O3S/c1-21(8-3-7-20)14-19(23)22(13-16-4-2-11-26-16)15-5-6-17-18(12-15)25-10-9-24-17/h2,4-6,11-12H,3,8-10,13-14H2,1H3. The first-order valence-corrected chi connectivity index (χ1v) is 9.33. The number of carbonyl (C=O) groups is 1. The Balaban J connectivity index is 1.81. The van der Waals surface area contributed by atoms with Crippen LogP contribution in [0.1, 0.15) is 11.3 Å². The number of thiophene rings is 1. The van der Waals surface area contributed by atoms with E-state index in [4.69, 9.17) is 14.7 Å². The summed E-state index contributed by atoms with van der Waals surface area (Å²) in [6.07, 6.45) is 0.402. The molecule has 0 bridgehead atoms. The Hall–Kier alpha value is -2.56. The van der Waals surface area contributed by atoms with Gasteiger partial charge in [0, 0.05) is 29.6 Å². The summed E-state index contributed by atoms with van der Waals surface area (Å²) in [6.45, 7) is 2.36. The molecule has 1 aromatic heterocycles. The second-order valence-electron chi connectivity index (χ2n) is 6.03. The quantitative estimate of drug-likeness (QED) is 0.749. The molecule has 1 aliphatic rings. The minimum atomic E-state index is -0.0180. The Morgan fingerprint density at radius 1 is 1.27 bits per heavy atom. The Bertz CT molecular complexity index is 786. The molecule has 6 nitrogen and oxygen atoms in total. The van der Waals surface area contributed by atoms with Gasteiger partial charge in [0.2, 0.25) is 5.91 Å². The molecule has 0 saturated carbocycles. The minimum absolute atomic E-state index is 0.0180. The van der Waals surface area contributed by atoms with Crippen LogP contribution in [-0.2, 0) is 11.3 Å². The van der Waals surface area contributed by atoms with E-state index in [1.165, 1.54) is 0 Å². The van der Waals surface area contributed by atoms with Crippen molar-refractivity contribution in [3.05, 3.63) is 40.6 Å². The summed E-state index contributed by atoms with van der Waals surface area (Å²) < 4.78 is 11.2. The molecule has 0 spiro atoms. The third-order valence-electron chi connectivity index (χ3n) is 4.04. The number of likely N-dealkylation sites (N-methyl/N-ethyl adjacent to an activating group) is 1. The van der Waals surface area contributed by atoms with Crippen LogP contribution in [0.15, 0.2) is 35.7 Å². The maximum atomic E-state index is 12.9. The first-order chi connectivity index (χ1) is 12.7. The topological polar surface area (TPSA) is 65.8 Å². The highest BCUT2D eigenvalue weighted by atomic mass is 32.1. The third kappa shape index (κ3) is 4.54. The van der Waals surface area contributed by atoms with Gasteiger partial charge < -0.3 is 14.4 Å². The molecule has 136 valence electrons. The van der Waals surface area contributed by atoms with E-state index in [-0.39, 0.29) is 12.5 Å². The molecule has 3 rings (SSSR count). The Labute approximate surface area is 157 Å². The number of rotatable bonds is 7. The van der Waals surface area contributed by atoms with Gasteiger partial charge in [0.1, 0.15) is 13.2 Å². The van der Waals surface area contributed by atoms with Gasteiger partial charge in [-0.25, -0.2) is 0 Å². The summed E-state index contributed by atoms with van der Waals surface area (Å²) in [4.78, 5) is 17.7. The lowest BCUT2D eigenvalue weighted by molar-refractivity contribution is -0.119. The normalized spacial score (nSPS) is 12.7. The van der Waals surface area contributed by atoms with Crippen molar-refractivity contribution in [1.29, 1.82) is 5.26 Å². The first-order valence-electron chi connectivity index (χ1n) is 8.45. The summed E-state index contributed by atoms with van der Waals surface area (Å²) in [5, 5.41) is 10.7. The van der Waals surface area contributed by atoms with E-state index in [0.717, 1.165) is 10.6 Å². The Kier molecular flexibility index (Phi) is 6.10. The molecule has 2 heterocycles. The number of amides is 1. The molecule has 1 amide bonds. The van der Waals surface area contributed by atoms with Crippen LogP contribution in [-0.4, -0.2) is 44.2 Å². The zero-order chi connectivity index (χ0) is 18.4. The number of benzene rings is 1. The maximum Gasteiger partial charge on any atom is 0.241 e. The van der Waals surface area contributed by atoms with Crippen molar-refractivity contribution in [2.75, 3.05) is 38.3 Å². The van der Waals surface area contributed by atoms with Gasteiger partial charge >= 0.3 is 0 Å². The van der Waals surface area contributed by atoms with Gasteiger partial charge in [-0.1, -0.05) is 6.07 Å². The van der Waals surface area contributed by atoms with Gasteiger partial charge in [-0.15, -0.1) is 11.3 Å². The molecule has 7 heteroatoms. The molecule has 0 atom stereocenters. The maximum absolute atomic E-state index is 12.9. The Morgan fingerprint density at radius 2 is 2.08 bits per heavy atom. The van der Waals surface area contributed by atoms with Crippen molar-refractivity contribution >= 4 is 22.9 Å². The fourth-order valence-corrected chi connectivity index (χ4v) is 3.41. The van der Waals surface area contributed by atoms with E-state index >= 15 is 0 Å². The van der Waals surface area contributed by atoms with Gasteiger partial charge in [-0.3, -0.25) is 9.69 Å². The fraction of sp³-hybridized carbons (Fsp3) is 0.368. The lowest BCUT2D eigenvalue weighted by Gasteiger charge is -2.27. The molecule has 0 fully saturated rings. The summed E-state index contributed by atoms with van der Waals surface area (Å²) in [5.74, 6) is 1.35. The average Bonchev–Trinajstić information content (AvgIpc) is 3.17. The number of hydrogen-bond acceptors (Lipinski definition) is 6. The zero-order valence-electron chi connectivity index (χ0n) is 14.7. The highest BCUT2D eigenvalue weighted by molar-refractivity contribution is 7.09. The summed E-state index contributed by atoms with van der Waals surface area (Å²) in [5.41, 5.74) is 0.779. The van der Waals surface area contributed by atoms with E-state index in [2.05, 4.69) is 6.07 Å². The van der Waals surface area contributed by atoms with Gasteiger partial charge in [0.05, 0.1) is 19.2 Å². The monoisotopic (exact) mass is 371 g/mol. The Morgan fingerprint density at radius 3 is 2.81 bits per heavy atom. The van der Waals surface area contributed by atoms with Crippen LogP contribution >= 0.6 is 11.3 Å². The predicted molar refractivity (Wildman–Crippen MR) is 101 cm³/mol. The fourth-order valence-electron chi connectivity index (χ4n) is 2.72. The highest BCUT2D eigenvalue weighted by Gasteiger charge is 2.21. The number of nitriles is 1. The summed E-state index contributed by atoms with van der Waals surface area (Å²) >= 11 is 1.62. The van der Waals surface area contributed by atoms with Crippen LogP contribution in [0.3, 0.4) is 0 Å². The van der Waals surface area contributed by atoms with Crippen LogP contribution in [0.2, 0.25) is 0 Å². The van der Waals surface area contributed by atoms with Crippen molar-refractivity contribution < 1.29 is 14.3 Å². The van der Waals surface area contributed by atoms with Crippen molar-refractivity contribution in [1.82, 2.24) is 4.90 Å². The molecule has 1 aliphatic heterocycles. The zero-order valence-corrected chi connectivity index (χ0v) is 15.5. The average molecular weight is 371 g/mol. The lowest BCUT2D eigenvalue weighted by atomic mass is 10.2. The van der Waals surface area contributed by atoms with Gasteiger partial charge in [-0.05, 0) is 30.6 Å². The SMILES string of the molecule is CN(CCC#N)CC(=O)N(Cc1cccs1)c1ccc2c(c1)OCCO2. The number of fused-ring (bicyclic) bond motifs is 1. The van der Waals surface area contributed by atoms with Crippen LogP contribution in [0.25, 0.3) is 0 Å². The van der Waals surface area contributed by atoms with E-state index in [0.29, 0.717) is 44.2 Å². The molecule has 0 aliphatic carbocycles. The van der Waals surface area contributed by atoms with Gasteiger partial charge in [0.25, 0.3) is 0 Å². The summed E-state index contributed by atoms with van der Waals surface area (Å²) in [7, 11) is 1.85. The molecular formula is C19H21N3O3S. The van der Waals surface area contributed by atoms with Crippen molar-refractivity contribution in [3.8, 4) is 17.6 Å². The van der Waals surface area contributed by atoms with Crippen LogP contribution in [0.5, 0.6) is 11.5 Å². The van der Waals surface area contributed by atoms with E-state index in [9.17, 15) is 4.79 Å². The van der Waals surface area contributed by atoms with Gasteiger partial charge in [0.15, 0.2) is 11.5 Å². The number of hydrogen-bond donors (Lipinski definition) is 0. The number of ether oxygens (including phenoxy) is 2. The smallest absolute Gasteiger partial charge is 0.241 e. The number of nitrogens with zero attached hydrogens (tertiary/aromatic N) is 3. The second-order valence-corrected chi connectivity index (χ2v) is 7.07. The van der Waals surface area contributed by atoms with Crippen molar-refractivity contribution in [2.45, 2.75) is 13.0 Å².